The molecule has 0 spiro atoms. The van der Waals surface area contributed by atoms with Gasteiger partial charge < -0.3 is 9.84 Å². The quantitative estimate of drug-likeness (QED) is 0.881. The first kappa shape index (κ1) is 15.2. The third-order valence-electron chi connectivity index (χ3n) is 5.24. The summed E-state index contributed by atoms with van der Waals surface area (Å²) in [6.45, 7) is 6.27. The van der Waals surface area contributed by atoms with Crippen LogP contribution in [0.15, 0.2) is 46.1 Å². The average Bonchev–Trinajstić information content (AvgIpc) is 2.94. The van der Waals surface area contributed by atoms with Crippen molar-refractivity contribution in [2.75, 3.05) is 5.32 Å². The van der Waals surface area contributed by atoms with E-state index in [0.29, 0.717) is 18.2 Å². The fourth-order valence-electron chi connectivity index (χ4n) is 4.15. The number of carbonyl (C=O) groups excluding carboxylic acids is 1. The van der Waals surface area contributed by atoms with Crippen molar-refractivity contribution in [3.05, 3.63) is 58.4 Å². The molecule has 24 heavy (non-hydrogen) atoms. The number of aryl methyl sites for hydroxylation is 1. The van der Waals surface area contributed by atoms with Crippen LogP contribution in [0.4, 0.5) is 5.88 Å². The van der Waals surface area contributed by atoms with Crippen LogP contribution in [-0.2, 0) is 4.79 Å². The van der Waals surface area contributed by atoms with Crippen molar-refractivity contribution in [2.45, 2.75) is 45.4 Å². The third kappa shape index (κ3) is 2.29. The lowest BCUT2D eigenvalue weighted by Crippen LogP contribution is -2.31. The van der Waals surface area contributed by atoms with Crippen LogP contribution in [0, 0.1) is 12.8 Å². The van der Waals surface area contributed by atoms with Gasteiger partial charge in [-0.2, -0.15) is 0 Å². The van der Waals surface area contributed by atoms with Crippen molar-refractivity contribution < 1.29 is 9.32 Å². The van der Waals surface area contributed by atoms with Gasteiger partial charge in [0, 0.05) is 29.2 Å². The van der Waals surface area contributed by atoms with Gasteiger partial charge in [-0.3, -0.25) is 4.79 Å². The molecule has 0 fully saturated rings. The van der Waals surface area contributed by atoms with E-state index in [9.17, 15) is 4.79 Å². The van der Waals surface area contributed by atoms with Crippen molar-refractivity contribution in [1.82, 2.24) is 5.16 Å². The Labute approximate surface area is 141 Å². The summed E-state index contributed by atoms with van der Waals surface area (Å²) < 4.78 is 5.49. The lowest BCUT2D eigenvalue weighted by Gasteiger charge is -2.35. The number of Topliss-reactive ketones (excluding diaryl/α,β-unsaturated/α-hetero) is 1. The number of hydrogen-bond acceptors (Lipinski definition) is 4. The number of allylic oxidation sites excluding steroid dienone is 2. The molecule has 1 N–H and O–H groups in total. The number of rotatable bonds is 2. The third-order valence-corrected chi connectivity index (χ3v) is 5.24. The predicted molar refractivity (Wildman–Crippen MR) is 92.9 cm³/mol. The summed E-state index contributed by atoms with van der Waals surface area (Å²) in [6.07, 6.45) is 1.42. The van der Waals surface area contributed by atoms with E-state index in [1.807, 2.05) is 25.1 Å². The zero-order chi connectivity index (χ0) is 16.8. The first-order valence-corrected chi connectivity index (χ1v) is 8.60. The van der Waals surface area contributed by atoms with Gasteiger partial charge in [-0.05, 0) is 30.7 Å². The monoisotopic (exact) mass is 322 g/mol. The zero-order valence-electron chi connectivity index (χ0n) is 14.3. The Morgan fingerprint density at radius 2 is 1.96 bits per heavy atom. The molecule has 0 radical (unpaired) electrons. The topological polar surface area (TPSA) is 55.1 Å². The summed E-state index contributed by atoms with van der Waals surface area (Å²) in [7, 11) is 0. The Kier molecular flexibility index (Phi) is 3.56. The predicted octanol–water partition coefficient (Wildman–Crippen LogP) is 4.55. The van der Waals surface area contributed by atoms with Crippen molar-refractivity contribution in [3.8, 4) is 0 Å². The molecule has 2 unspecified atom stereocenters. The number of hydrogen-bond donors (Lipinski definition) is 1. The number of carbonyl (C=O) groups is 1. The molecule has 0 amide bonds. The molecule has 1 aliphatic carbocycles. The van der Waals surface area contributed by atoms with E-state index in [2.05, 4.69) is 36.5 Å². The number of ketones is 1. The smallest absolute Gasteiger partial charge is 0.232 e. The van der Waals surface area contributed by atoms with Gasteiger partial charge in [-0.1, -0.05) is 49.3 Å². The molecule has 1 aliphatic heterocycles. The van der Waals surface area contributed by atoms with Gasteiger partial charge in [-0.15, -0.1) is 0 Å². The average molecular weight is 322 g/mol. The van der Waals surface area contributed by atoms with Crippen LogP contribution >= 0.6 is 0 Å². The van der Waals surface area contributed by atoms with E-state index in [1.165, 1.54) is 5.56 Å². The normalized spacial score (nSPS) is 23.1. The lowest BCUT2D eigenvalue weighted by atomic mass is 9.71. The highest BCUT2D eigenvalue weighted by atomic mass is 16.5. The number of aromatic nitrogens is 1. The summed E-state index contributed by atoms with van der Waals surface area (Å²) in [5.41, 5.74) is 5.11. The highest BCUT2D eigenvalue weighted by Gasteiger charge is 2.41. The first-order valence-electron chi connectivity index (χ1n) is 8.60. The highest BCUT2D eigenvalue weighted by molar-refractivity contribution is 6.00. The minimum absolute atomic E-state index is 0.0757. The Balaban J connectivity index is 1.77. The van der Waals surface area contributed by atoms with Crippen LogP contribution < -0.4 is 5.32 Å². The van der Waals surface area contributed by atoms with Crippen LogP contribution in [0.2, 0.25) is 0 Å². The maximum absolute atomic E-state index is 13.0. The van der Waals surface area contributed by atoms with Gasteiger partial charge in [0.2, 0.25) is 5.88 Å². The molecular formula is C20H22N2O2. The fraction of sp³-hybridized carbons (Fsp3) is 0.400. The molecule has 1 aromatic carbocycles. The summed E-state index contributed by atoms with van der Waals surface area (Å²) in [5.74, 6) is 1.59. The number of fused-ring (bicyclic) bond motifs is 1. The molecule has 2 aromatic rings. The van der Waals surface area contributed by atoms with Crippen LogP contribution in [0.5, 0.6) is 0 Å². The van der Waals surface area contributed by atoms with Crippen molar-refractivity contribution >= 4 is 11.7 Å². The molecular weight excluding hydrogens is 300 g/mol. The molecule has 2 aliphatic rings. The summed E-state index contributed by atoms with van der Waals surface area (Å²) in [5, 5.41) is 7.48. The number of benzene rings is 1. The highest BCUT2D eigenvalue weighted by Crippen LogP contribution is 2.48. The first-order chi connectivity index (χ1) is 11.6. The van der Waals surface area contributed by atoms with Crippen LogP contribution in [-0.4, -0.2) is 10.9 Å². The van der Waals surface area contributed by atoms with Crippen LogP contribution in [0.1, 0.15) is 55.3 Å². The minimum Gasteiger partial charge on any atom is -0.338 e. The van der Waals surface area contributed by atoms with E-state index in [1.54, 1.807) is 0 Å². The van der Waals surface area contributed by atoms with Gasteiger partial charge in [-0.25, -0.2) is 0 Å². The van der Waals surface area contributed by atoms with Gasteiger partial charge >= 0.3 is 0 Å². The van der Waals surface area contributed by atoms with Gasteiger partial charge in [0.05, 0.1) is 5.69 Å². The van der Waals surface area contributed by atoms with E-state index >= 15 is 0 Å². The van der Waals surface area contributed by atoms with E-state index in [0.717, 1.165) is 28.9 Å². The van der Waals surface area contributed by atoms with Gasteiger partial charge in [0.1, 0.15) is 0 Å². The fourth-order valence-corrected chi connectivity index (χ4v) is 4.15. The molecule has 2 atom stereocenters. The second kappa shape index (κ2) is 5.62. The molecule has 1 aromatic heterocycles. The minimum atomic E-state index is 0.0757. The Morgan fingerprint density at radius 1 is 1.21 bits per heavy atom. The number of nitrogens with one attached hydrogen (secondary N) is 1. The molecule has 4 heteroatoms. The second-order valence-electron chi connectivity index (χ2n) is 7.19. The number of nitrogens with zero attached hydrogens (tertiary/aromatic N) is 1. The molecule has 4 rings (SSSR count). The Morgan fingerprint density at radius 3 is 2.67 bits per heavy atom. The number of anilines is 1. The van der Waals surface area contributed by atoms with E-state index in [4.69, 9.17) is 4.52 Å². The summed E-state index contributed by atoms with van der Waals surface area (Å²) in [4.78, 5) is 13.0. The zero-order valence-corrected chi connectivity index (χ0v) is 14.3. The maximum atomic E-state index is 13.0. The second-order valence-corrected chi connectivity index (χ2v) is 7.19. The van der Waals surface area contributed by atoms with Crippen LogP contribution in [0.25, 0.3) is 0 Å². The molecule has 0 saturated carbocycles. The summed E-state index contributed by atoms with van der Waals surface area (Å²) >= 11 is 0. The standard InChI is InChI=1S/C20H22N2O2/c1-11(2)17-18-12(3)22-24-20(18)21-15-9-14(10-16(23)19(15)17)13-7-5-4-6-8-13/h4-8,11,14,17,21H,9-10H2,1-3H3. The molecule has 4 nitrogen and oxygen atoms in total. The summed E-state index contributed by atoms with van der Waals surface area (Å²) in [6, 6.07) is 10.3. The maximum Gasteiger partial charge on any atom is 0.232 e. The van der Waals surface area contributed by atoms with Gasteiger partial charge in [0.25, 0.3) is 0 Å². The van der Waals surface area contributed by atoms with Crippen LogP contribution in [0.3, 0.4) is 0 Å². The Hall–Kier alpha value is -2.36. The van der Waals surface area contributed by atoms with Crippen molar-refractivity contribution in [2.24, 2.45) is 5.92 Å². The van der Waals surface area contributed by atoms with E-state index < -0.39 is 0 Å². The molecule has 124 valence electrons. The van der Waals surface area contributed by atoms with Crippen molar-refractivity contribution in [3.63, 3.8) is 0 Å². The Bertz CT molecular complexity index is 817. The SMILES string of the molecule is Cc1noc2c1C(C(C)C)C1=C(CC(c3ccccc3)CC1=O)N2. The van der Waals surface area contributed by atoms with Gasteiger partial charge in [0.15, 0.2) is 5.78 Å². The molecule has 0 saturated heterocycles. The largest absolute Gasteiger partial charge is 0.338 e. The molecule has 2 heterocycles. The lowest BCUT2D eigenvalue weighted by molar-refractivity contribution is -0.116. The van der Waals surface area contributed by atoms with E-state index in [-0.39, 0.29) is 17.6 Å². The van der Waals surface area contributed by atoms with Crippen molar-refractivity contribution in [1.29, 1.82) is 0 Å². The molecule has 0 bridgehead atoms.